The van der Waals surface area contributed by atoms with Crippen LogP contribution in [0.1, 0.15) is 41.7 Å². The van der Waals surface area contributed by atoms with Gasteiger partial charge >= 0.3 is 6.18 Å². The number of fused-ring (bicyclic) bond motifs is 2. The first kappa shape index (κ1) is 23.8. The number of nitrogens with one attached hydrogen (secondary N) is 2. The van der Waals surface area contributed by atoms with E-state index in [1.54, 1.807) is 36.4 Å². The molecule has 0 saturated heterocycles. The second kappa shape index (κ2) is 9.25. The van der Waals surface area contributed by atoms with Crippen LogP contribution < -0.4 is 11.1 Å². The van der Waals surface area contributed by atoms with Crippen molar-refractivity contribution < 1.29 is 22.4 Å². The molecule has 4 aromatic rings. The van der Waals surface area contributed by atoms with Gasteiger partial charge in [-0.3, -0.25) is 4.79 Å². The highest BCUT2D eigenvalue weighted by atomic mass is 19.4. The number of rotatable bonds is 4. The lowest BCUT2D eigenvalue weighted by Gasteiger charge is -2.30. The maximum atomic E-state index is 14.3. The SMILES string of the molecule is NC(=NC(=O)c1c[nH]c2cccc(F)c12)C1CCC[C@H](Nc2cc(C(F)(F)F)nc3ccccc23)C1. The molecule has 2 atom stereocenters. The lowest BCUT2D eigenvalue weighted by molar-refractivity contribution is -0.140. The predicted octanol–water partition coefficient (Wildman–Crippen LogP) is 6.04. The Hall–Kier alpha value is -3.95. The fourth-order valence-electron chi connectivity index (χ4n) is 4.83. The molecule has 5 rings (SSSR count). The lowest BCUT2D eigenvalue weighted by Crippen LogP contribution is -2.35. The number of benzene rings is 2. The van der Waals surface area contributed by atoms with Gasteiger partial charge in [0.25, 0.3) is 5.91 Å². The number of anilines is 1. The van der Waals surface area contributed by atoms with Crippen LogP contribution in [-0.2, 0) is 6.18 Å². The van der Waals surface area contributed by atoms with E-state index in [0.29, 0.717) is 29.4 Å². The number of aliphatic imine (C=N–C) groups is 1. The van der Waals surface area contributed by atoms with Crippen molar-refractivity contribution in [1.82, 2.24) is 9.97 Å². The molecule has 10 heteroatoms. The van der Waals surface area contributed by atoms with Gasteiger partial charge in [0.15, 0.2) is 0 Å². The van der Waals surface area contributed by atoms with Crippen LogP contribution in [0.2, 0.25) is 0 Å². The van der Waals surface area contributed by atoms with Crippen molar-refractivity contribution in [2.24, 2.45) is 16.6 Å². The van der Waals surface area contributed by atoms with Crippen LogP contribution in [0.25, 0.3) is 21.8 Å². The highest BCUT2D eigenvalue weighted by molar-refractivity contribution is 6.11. The van der Waals surface area contributed by atoms with Crippen LogP contribution in [-0.4, -0.2) is 27.8 Å². The van der Waals surface area contributed by atoms with Gasteiger partial charge in [-0.25, -0.2) is 9.37 Å². The molecule has 4 N–H and O–H groups in total. The van der Waals surface area contributed by atoms with Gasteiger partial charge in [-0.1, -0.05) is 30.7 Å². The van der Waals surface area contributed by atoms with E-state index < -0.39 is 23.6 Å². The summed E-state index contributed by atoms with van der Waals surface area (Å²) in [6.45, 7) is 0. The van der Waals surface area contributed by atoms with Crippen molar-refractivity contribution in [2.45, 2.75) is 37.9 Å². The molecule has 36 heavy (non-hydrogen) atoms. The predicted molar refractivity (Wildman–Crippen MR) is 130 cm³/mol. The van der Waals surface area contributed by atoms with Crippen LogP contribution in [0.5, 0.6) is 0 Å². The largest absolute Gasteiger partial charge is 0.433 e. The maximum Gasteiger partial charge on any atom is 0.433 e. The molecular formula is C26H23F4N5O. The summed E-state index contributed by atoms with van der Waals surface area (Å²) in [5, 5.41) is 3.99. The number of carbonyl (C=O) groups is 1. The molecule has 0 aliphatic heterocycles. The van der Waals surface area contributed by atoms with Crippen LogP contribution in [0.3, 0.4) is 0 Å². The number of H-pyrrole nitrogens is 1. The summed E-state index contributed by atoms with van der Waals surface area (Å²) < 4.78 is 54.5. The number of carbonyl (C=O) groups excluding carboxylic acids is 1. The van der Waals surface area contributed by atoms with Gasteiger partial charge in [-0.05, 0) is 43.5 Å². The number of hydrogen-bond donors (Lipinski definition) is 3. The zero-order chi connectivity index (χ0) is 25.4. The van der Waals surface area contributed by atoms with Crippen molar-refractivity contribution >= 4 is 39.2 Å². The van der Waals surface area contributed by atoms with Gasteiger partial charge in [-0.2, -0.15) is 18.2 Å². The third kappa shape index (κ3) is 4.62. The molecule has 2 heterocycles. The first-order valence-corrected chi connectivity index (χ1v) is 11.6. The van der Waals surface area contributed by atoms with Gasteiger partial charge in [0.1, 0.15) is 17.3 Å². The van der Waals surface area contributed by atoms with Crippen molar-refractivity contribution in [2.75, 3.05) is 5.32 Å². The molecule has 1 fully saturated rings. The summed E-state index contributed by atoms with van der Waals surface area (Å²) in [7, 11) is 0. The number of amidine groups is 1. The van der Waals surface area contributed by atoms with Crippen molar-refractivity contribution in [1.29, 1.82) is 0 Å². The average molecular weight is 497 g/mol. The Balaban J connectivity index is 1.37. The first-order chi connectivity index (χ1) is 17.2. The van der Waals surface area contributed by atoms with Crippen molar-refractivity contribution in [3.05, 3.63) is 71.8 Å². The summed E-state index contributed by atoms with van der Waals surface area (Å²) >= 11 is 0. The minimum atomic E-state index is -4.57. The summed E-state index contributed by atoms with van der Waals surface area (Å²) in [4.78, 5) is 23.5. The number of nitrogens with two attached hydrogens (primary N) is 1. The smallest absolute Gasteiger partial charge is 0.387 e. The first-order valence-electron chi connectivity index (χ1n) is 11.6. The molecule has 1 aliphatic carbocycles. The fourth-order valence-corrected chi connectivity index (χ4v) is 4.83. The molecule has 0 radical (unpaired) electrons. The molecule has 0 bridgehead atoms. The molecular weight excluding hydrogens is 474 g/mol. The van der Waals surface area contributed by atoms with Gasteiger partial charge in [0.05, 0.1) is 11.1 Å². The molecule has 1 unspecified atom stereocenters. The number of nitrogens with zero attached hydrogens (tertiary/aromatic N) is 2. The Morgan fingerprint density at radius 3 is 2.75 bits per heavy atom. The Morgan fingerprint density at radius 1 is 1.14 bits per heavy atom. The van der Waals surface area contributed by atoms with Crippen LogP contribution >= 0.6 is 0 Å². The van der Waals surface area contributed by atoms with E-state index in [-0.39, 0.29) is 34.3 Å². The van der Waals surface area contributed by atoms with Crippen molar-refractivity contribution in [3.8, 4) is 0 Å². The number of para-hydroxylation sites is 1. The summed E-state index contributed by atoms with van der Waals surface area (Å²) in [6, 6.07) is 12.0. The average Bonchev–Trinajstić information content (AvgIpc) is 3.29. The Morgan fingerprint density at radius 2 is 1.94 bits per heavy atom. The molecule has 2 aromatic carbocycles. The van der Waals surface area contributed by atoms with E-state index in [1.807, 2.05) is 0 Å². The van der Waals surface area contributed by atoms with E-state index in [2.05, 4.69) is 20.3 Å². The minimum absolute atomic E-state index is 0.0967. The summed E-state index contributed by atoms with van der Waals surface area (Å²) in [6.07, 6.45) is -0.510. The van der Waals surface area contributed by atoms with E-state index >= 15 is 0 Å². The number of aromatic nitrogens is 2. The number of aromatic amines is 1. The summed E-state index contributed by atoms with van der Waals surface area (Å²) in [5.74, 6) is -1.29. The highest BCUT2D eigenvalue weighted by Gasteiger charge is 2.34. The third-order valence-corrected chi connectivity index (χ3v) is 6.57. The number of hydrogen-bond acceptors (Lipinski definition) is 3. The van der Waals surface area contributed by atoms with E-state index in [1.165, 1.54) is 12.3 Å². The Labute approximate surface area is 203 Å². The number of pyridine rings is 1. The number of amides is 1. The van der Waals surface area contributed by atoms with Gasteiger partial charge in [0.2, 0.25) is 0 Å². The third-order valence-electron chi connectivity index (χ3n) is 6.57. The standard InChI is InChI=1S/C26H23F4N5O/c27-18-8-4-10-20-23(18)17(13-32-20)25(36)35-24(31)14-5-3-6-15(11-14)33-21-12-22(26(28,29)30)34-19-9-2-1-7-16(19)21/h1-2,4,7-10,12-15,32H,3,5-6,11H2,(H,33,34)(H2,31,35,36)/t14?,15-/m0/s1. The number of halogens is 4. The van der Waals surface area contributed by atoms with E-state index in [0.717, 1.165) is 18.9 Å². The van der Waals surface area contributed by atoms with E-state index in [4.69, 9.17) is 5.73 Å². The van der Waals surface area contributed by atoms with E-state index in [9.17, 15) is 22.4 Å². The van der Waals surface area contributed by atoms with Crippen LogP contribution in [0, 0.1) is 11.7 Å². The van der Waals surface area contributed by atoms with Gasteiger partial charge in [-0.15, -0.1) is 0 Å². The van der Waals surface area contributed by atoms with Crippen LogP contribution in [0.15, 0.2) is 59.7 Å². The second-order valence-electron chi connectivity index (χ2n) is 8.98. The second-order valence-corrected chi connectivity index (χ2v) is 8.98. The topological polar surface area (TPSA) is 96.2 Å². The van der Waals surface area contributed by atoms with Crippen molar-refractivity contribution in [3.63, 3.8) is 0 Å². The maximum absolute atomic E-state index is 14.3. The Bertz CT molecular complexity index is 1480. The van der Waals surface area contributed by atoms with Gasteiger partial charge in [0, 0.05) is 40.1 Å². The van der Waals surface area contributed by atoms with Crippen LogP contribution in [0.4, 0.5) is 23.2 Å². The Kier molecular flexibility index (Phi) is 6.11. The molecule has 186 valence electrons. The fraction of sp³-hybridized carbons (Fsp3) is 0.269. The normalized spacial score (nSPS) is 19.1. The zero-order valence-electron chi connectivity index (χ0n) is 19.1. The summed E-state index contributed by atoms with van der Waals surface area (Å²) in [5.41, 5.74) is 6.42. The molecule has 1 aliphatic rings. The quantitative estimate of drug-likeness (QED) is 0.182. The highest BCUT2D eigenvalue weighted by Crippen LogP contribution is 2.35. The zero-order valence-corrected chi connectivity index (χ0v) is 19.1. The monoisotopic (exact) mass is 497 g/mol. The lowest BCUT2D eigenvalue weighted by atomic mass is 9.84. The molecule has 6 nitrogen and oxygen atoms in total. The number of alkyl halides is 3. The molecule has 1 amide bonds. The molecule has 2 aromatic heterocycles. The minimum Gasteiger partial charge on any atom is -0.387 e. The molecule has 1 saturated carbocycles. The molecule has 0 spiro atoms. The van der Waals surface area contributed by atoms with Gasteiger partial charge < -0.3 is 16.0 Å².